The molecule has 24 heavy (non-hydrogen) atoms. The summed E-state index contributed by atoms with van der Waals surface area (Å²) in [6, 6.07) is 8.48. The number of aliphatic hydroxyl groups is 1. The Kier molecular flexibility index (Phi) is 5.01. The predicted octanol–water partition coefficient (Wildman–Crippen LogP) is 1.04. The molecule has 0 aliphatic carbocycles. The zero-order valence-corrected chi connectivity index (χ0v) is 13.5. The fourth-order valence-corrected chi connectivity index (χ4v) is 3.36. The quantitative estimate of drug-likeness (QED) is 0.768. The molecule has 2 aliphatic heterocycles. The third-order valence-electron chi connectivity index (χ3n) is 4.78. The van der Waals surface area contributed by atoms with Gasteiger partial charge < -0.3 is 20.5 Å². The smallest absolute Gasteiger partial charge is 0.325 e. The van der Waals surface area contributed by atoms with Crippen molar-refractivity contribution in [2.24, 2.45) is 5.92 Å². The number of rotatable bonds is 4. The van der Waals surface area contributed by atoms with Gasteiger partial charge in [-0.2, -0.15) is 0 Å². The minimum absolute atomic E-state index is 0.0126. The molecule has 2 fully saturated rings. The first-order valence-corrected chi connectivity index (χ1v) is 8.30. The zero-order chi connectivity index (χ0) is 17.0. The molecule has 3 N–H and O–H groups in total. The van der Waals surface area contributed by atoms with E-state index in [1.54, 1.807) is 0 Å². The van der Waals surface area contributed by atoms with Crippen LogP contribution in [0.3, 0.4) is 0 Å². The van der Waals surface area contributed by atoms with Gasteiger partial charge in [0.15, 0.2) is 0 Å². The lowest BCUT2D eigenvalue weighted by atomic mass is 9.77. The van der Waals surface area contributed by atoms with E-state index in [1.807, 2.05) is 30.3 Å². The Morgan fingerprint density at radius 1 is 1.33 bits per heavy atom. The van der Waals surface area contributed by atoms with E-state index in [9.17, 15) is 14.7 Å². The Bertz CT molecular complexity index is 589. The summed E-state index contributed by atoms with van der Waals surface area (Å²) in [5.74, 6) is -0.0126. The van der Waals surface area contributed by atoms with Crippen LogP contribution in [0.25, 0.3) is 0 Å². The van der Waals surface area contributed by atoms with E-state index in [0.717, 1.165) is 23.3 Å². The second kappa shape index (κ2) is 7.19. The van der Waals surface area contributed by atoms with Crippen LogP contribution in [0.2, 0.25) is 0 Å². The largest absolute Gasteiger partial charge is 0.383 e. The van der Waals surface area contributed by atoms with E-state index in [2.05, 4.69) is 10.6 Å². The van der Waals surface area contributed by atoms with E-state index in [0.29, 0.717) is 26.3 Å². The van der Waals surface area contributed by atoms with Crippen LogP contribution in [0.5, 0.6) is 0 Å². The van der Waals surface area contributed by atoms with Crippen molar-refractivity contribution in [2.45, 2.75) is 18.4 Å². The van der Waals surface area contributed by atoms with Crippen molar-refractivity contribution < 1.29 is 19.4 Å². The molecule has 0 spiro atoms. The Labute approximate surface area is 141 Å². The molecule has 0 saturated carbocycles. The molecule has 2 aliphatic rings. The minimum Gasteiger partial charge on any atom is -0.383 e. The molecule has 1 aromatic rings. The summed E-state index contributed by atoms with van der Waals surface area (Å²) in [6.07, 6.45) is 1.46. The maximum absolute atomic E-state index is 12.2. The van der Waals surface area contributed by atoms with Crippen molar-refractivity contribution in [3.05, 3.63) is 35.9 Å². The number of urea groups is 2. The van der Waals surface area contributed by atoms with Crippen LogP contribution in [0.1, 0.15) is 18.4 Å². The fraction of sp³-hybridized carbons (Fsp3) is 0.529. The Morgan fingerprint density at radius 2 is 2.04 bits per heavy atom. The standard InChI is InChI=1S/C17H23N3O4/c21-15-18-8-9-20(15)16(22)19-12-17(23,13-4-2-1-3-5-13)14-6-10-24-11-7-14/h1-5,14,23H,6-12H2,(H,18,21)(H,19,22). The maximum Gasteiger partial charge on any atom is 0.325 e. The molecule has 1 unspecified atom stereocenters. The summed E-state index contributed by atoms with van der Waals surface area (Å²) >= 11 is 0. The van der Waals surface area contributed by atoms with Crippen molar-refractivity contribution in [1.29, 1.82) is 0 Å². The molecule has 2 heterocycles. The number of amides is 4. The number of carbonyl (C=O) groups is 2. The Morgan fingerprint density at radius 3 is 2.67 bits per heavy atom. The number of nitrogens with one attached hydrogen (secondary N) is 2. The second-order valence-electron chi connectivity index (χ2n) is 6.22. The number of nitrogens with zero attached hydrogens (tertiary/aromatic N) is 1. The average Bonchev–Trinajstić information content (AvgIpc) is 3.07. The Hall–Kier alpha value is -2.12. The summed E-state index contributed by atoms with van der Waals surface area (Å²) in [6.45, 7) is 2.05. The highest BCUT2D eigenvalue weighted by Crippen LogP contribution is 2.35. The van der Waals surface area contributed by atoms with Gasteiger partial charge in [-0.25, -0.2) is 14.5 Å². The van der Waals surface area contributed by atoms with Gasteiger partial charge in [-0.1, -0.05) is 30.3 Å². The lowest BCUT2D eigenvalue weighted by molar-refractivity contribution is -0.0678. The van der Waals surface area contributed by atoms with Crippen LogP contribution in [0.15, 0.2) is 30.3 Å². The summed E-state index contributed by atoms with van der Waals surface area (Å²) in [7, 11) is 0. The van der Waals surface area contributed by atoms with Gasteiger partial charge in [-0.15, -0.1) is 0 Å². The number of benzene rings is 1. The van der Waals surface area contributed by atoms with Crippen molar-refractivity contribution in [1.82, 2.24) is 15.5 Å². The van der Waals surface area contributed by atoms with Gasteiger partial charge >= 0.3 is 12.1 Å². The van der Waals surface area contributed by atoms with Gasteiger partial charge in [-0.3, -0.25) is 0 Å². The molecule has 2 saturated heterocycles. The van der Waals surface area contributed by atoms with Crippen LogP contribution in [0, 0.1) is 5.92 Å². The number of ether oxygens (including phenoxy) is 1. The molecule has 1 atom stereocenters. The average molecular weight is 333 g/mol. The molecule has 0 radical (unpaired) electrons. The number of hydrogen-bond acceptors (Lipinski definition) is 4. The van der Waals surface area contributed by atoms with Gasteiger partial charge in [0.25, 0.3) is 0 Å². The fourth-order valence-electron chi connectivity index (χ4n) is 3.36. The molecule has 7 nitrogen and oxygen atoms in total. The number of imide groups is 1. The lowest BCUT2D eigenvalue weighted by Gasteiger charge is -2.39. The molecule has 3 rings (SSSR count). The van der Waals surface area contributed by atoms with Crippen molar-refractivity contribution >= 4 is 12.1 Å². The first kappa shape index (κ1) is 16.7. The molecular weight excluding hydrogens is 310 g/mol. The molecule has 0 bridgehead atoms. The first-order chi connectivity index (χ1) is 11.6. The van der Waals surface area contributed by atoms with Gasteiger partial charge in [0.05, 0.1) is 6.54 Å². The van der Waals surface area contributed by atoms with Crippen LogP contribution >= 0.6 is 0 Å². The molecule has 0 aromatic heterocycles. The first-order valence-electron chi connectivity index (χ1n) is 8.30. The molecule has 4 amide bonds. The molecule has 130 valence electrons. The SMILES string of the molecule is O=C1NCCN1C(=O)NCC(O)(c1ccccc1)C1CCOCC1. The maximum atomic E-state index is 12.2. The van der Waals surface area contributed by atoms with Crippen LogP contribution in [0.4, 0.5) is 9.59 Å². The third-order valence-corrected chi connectivity index (χ3v) is 4.78. The predicted molar refractivity (Wildman–Crippen MR) is 87.4 cm³/mol. The van der Waals surface area contributed by atoms with Crippen LogP contribution in [-0.2, 0) is 10.3 Å². The molecule has 7 heteroatoms. The topological polar surface area (TPSA) is 90.9 Å². The summed E-state index contributed by atoms with van der Waals surface area (Å²) in [4.78, 5) is 24.9. The summed E-state index contributed by atoms with van der Waals surface area (Å²) in [5, 5.41) is 16.7. The van der Waals surface area contributed by atoms with E-state index in [-0.39, 0.29) is 12.5 Å². The highest BCUT2D eigenvalue weighted by atomic mass is 16.5. The number of carbonyl (C=O) groups excluding carboxylic acids is 2. The van der Waals surface area contributed by atoms with Crippen molar-refractivity contribution in [3.8, 4) is 0 Å². The van der Waals surface area contributed by atoms with Crippen molar-refractivity contribution in [2.75, 3.05) is 32.8 Å². The van der Waals surface area contributed by atoms with Gasteiger partial charge in [-0.05, 0) is 24.3 Å². The Balaban J connectivity index is 1.75. The minimum atomic E-state index is -1.18. The summed E-state index contributed by atoms with van der Waals surface area (Å²) in [5.41, 5.74) is -0.417. The molecule has 1 aromatic carbocycles. The van der Waals surface area contributed by atoms with E-state index in [1.165, 1.54) is 0 Å². The molecular formula is C17H23N3O4. The van der Waals surface area contributed by atoms with Gasteiger partial charge in [0, 0.05) is 26.3 Å². The van der Waals surface area contributed by atoms with Crippen LogP contribution < -0.4 is 10.6 Å². The van der Waals surface area contributed by atoms with Crippen molar-refractivity contribution in [3.63, 3.8) is 0 Å². The number of hydrogen-bond donors (Lipinski definition) is 3. The van der Waals surface area contributed by atoms with Gasteiger partial charge in [0.1, 0.15) is 5.60 Å². The van der Waals surface area contributed by atoms with E-state index >= 15 is 0 Å². The highest BCUT2D eigenvalue weighted by molar-refractivity contribution is 5.94. The van der Waals surface area contributed by atoms with Crippen LogP contribution in [-0.4, -0.2) is 54.9 Å². The second-order valence-corrected chi connectivity index (χ2v) is 6.22. The zero-order valence-electron chi connectivity index (χ0n) is 13.5. The monoisotopic (exact) mass is 333 g/mol. The normalized spacial score (nSPS) is 21.2. The highest BCUT2D eigenvalue weighted by Gasteiger charge is 2.40. The lowest BCUT2D eigenvalue weighted by Crippen LogP contribution is -2.51. The third kappa shape index (κ3) is 3.37. The van der Waals surface area contributed by atoms with E-state index in [4.69, 9.17) is 4.74 Å². The summed E-state index contributed by atoms with van der Waals surface area (Å²) < 4.78 is 5.39. The van der Waals surface area contributed by atoms with E-state index < -0.39 is 17.7 Å². The van der Waals surface area contributed by atoms with Gasteiger partial charge in [0.2, 0.25) is 0 Å².